The zero-order valence-corrected chi connectivity index (χ0v) is 16.7. The van der Waals surface area contributed by atoms with Crippen LogP contribution in [0.25, 0.3) is 0 Å². The maximum atomic E-state index is 12.9. The van der Waals surface area contributed by atoms with Crippen molar-refractivity contribution in [2.75, 3.05) is 5.32 Å². The van der Waals surface area contributed by atoms with E-state index in [4.69, 9.17) is 23.8 Å². The number of nitrogens with one attached hydrogen (secondary N) is 2. The molecule has 0 saturated carbocycles. The monoisotopic (exact) mass is 452 g/mol. The first-order chi connectivity index (χ1) is 12.5. The highest BCUT2D eigenvalue weighted by Crippen LogP contribution is 2.22. The third kappa shape index (κ3) is 5.03. The Kier molecular flexibility index (Phi) is 6.24. The van der Waals surface area contributed by atoms with Gasteiger partial charge in [0.15, 0.2) is 10.9 Å². The van der Waals surface area contributed by atoms with E-state index in [2.05, 4.69) is 31.7 Å². The van der Waals surface area contributed by atoms with Gasteiger partial charge in [-0.1, -0.05) is 41.9 Å². The summed E-state index contributed by atoms with van der Waals surface area (Å²) in [4.78, 5) is 0. The van der Waals surface area contributed by atoms with Gasteiger partial charge in [0.1, 0.15) is 5.82 Å². The van der Waals surface area contributed by atoms with Crippen molar-refractivity contribution in [3.8, 4) is 0 Å². The number of anilines is 1. The van der Waals surface area contributed by atoms with Crippen molar-refractivity contribution in [3.63, 3.8) is 0 Å². The lowest BCUT2D eigenvalue weighted by Gasteiger charge is -2.09. The molecule has 0 atom stereocenters. The number of rotatable bonds is 5. The summed E-state index contributed by atoms with van der Waals surface area (Å²) in [6, 6.07) is 13.9. The molecule has 4 nitrogen and oxygen atoms in total. The normalized spacial score (nSPS) is 10.6. The van der Waals surface area contributed by atoms with Crippen molar-refractivity contribution in [3.05, 3.63) is 81.2 Å². The maximum Gasteiger partial charge on any atom is 0.172 e. The zero-order chi connectivity index (χ0) is 18.5. The average molecular weight is 454 g/mol. The van der Waals surface area contributed by atoms with Crippen LogP contribution in [0.2, 0.25) is 5.02 Å². The fourth-order valence-electron chi connectivity index (χ4n) is 2.30. The Balaban J connectivity index is 1.59. The van der Waals surface area contributed by atoms with Crippen LogP contribution in [0.4, 0.5) is 10.2 Å². The third-order valence-corrected chi connectivity index (χ3v) is 4.80. The molecule has 8 heteroatoms. The number of halogens is 3. The van der Waals surface area contributed by atoms with Crippen LogP contribution in [0, 0.1) is 5.82 Å². The Labute approximate surface area is 169 Å². The van der Waals surface area contributed by atoms with Crippen molar-refractivity contribution >= 4 is 50.7 Å². The van der Waals surface area contributed by atoms with Crippen molar-refractivity contribution in [1.29, 1.82) is 0 Å². The van der Waals surface area contributed by atoms with Crippen LogP contribution < -0.4 is 10.6 Å². The van der Waals surface area contributed by atoms with Gasteiger partial charge in [-0.15, -0.1) is 0 Å². The van der Waals surface area contributed by atoms with Crippen LogP contribution in [-0.4, -0.2) is 14.9 Å². The van der Waals surface area contributed by atoms with Crippen molar-refractivity contribution in [1.82, 2.24) is 15.1 Å². The molecule has 0 spiro atoms. The van der Waals surface area contributed by atoms with Crippen LogP contribution >= 0.6 is 39.7 Å². The smallest absolute Gasteiger partial charge is 0.172 e. The van der Waals surface area contributed by atoms with E-state index in [1.165, 1.54) is 12.1 Å². The summed E-state index contributed by atoms with van der Waals surface area (Å²) in [5.41, 5.74) is 1.91. The van der Waals surface area contributed by atoms with Gasteiger partial charge in [0.25, 0.3) is 0 Å². The van der Waals surface area contributed by atoms with E-state index >= 15 is 0 Å². The molecule has 0 amide bonds. The van der Waals surface area contributed by atoms with Gasteiger partial charge in [0, 0.05) is 17.8 Å². The molecule has 0 aliphatic heterocycles. The minimum Gasteiger partial charge on any atom is -0.358 e. The van der Waals surface area contributed by atoms with E-state index in [-0.39, 0.29) is 5.82 Å². The molecule has 3 aromatic rings. The minimum absolute atomic E-state index is 0.262. The predicted octanol–water partition coefficient (Wildman–Crippen LogP) is 4.97. The minimum atomic E-state index is -0.262. The van der Waals surface area contributed by atoms with Crippen molar-refractivity contribution in [2.24, 2.45) is 0 Å². The maximum absolute atomic E-state index is 12.9. The fraction of sp³-hybridized carbons (Fsp3) is 0.111. The van der Waals surface area contributed by atoms with E-state index < -0.39 is 0 Å². The van der Waals surface area contributed by atoms with Crippen LogP contribution in [0.5, 0.6) is 0 Å². The van der Waals surface area contributed by atoms with Crippen molar-refractivity contribution < 1.29 is 4.39 Å². The molecule has 0 unspecified atom stereocenters. The van der Waals surface area contributed by atoms with Gasteiger partial charge in [-0.25, -0.2) is 4.39 Å². The van der Waals surface area contributed by atoms with Gasteiger partial charge in [0.2, 0.25) is 0 Å². The second-order valence-corrected chi connectivity index (χ2v) is 7.22. The second kappa shape index (κ2) is 8.62. The number of thiocarbonyl (C=S) groups is 1. The highest BCUT2D eigenvalue weighted by molar-refractivity contribution is 9.10. The standard InChI is InChI=1S/C18H15BrClFN4S/c19-15-11-25(10-13-3-1-2-4-16(13)20)24-17(15)23-18(26)22-9-12-5-7-14(21)8-6-12/h1-8,11H,9-10H2,(H2,22,23,24,26). The number of nitrogens with zero attached hydrogens (tertiary/aromatic N) is 2. The summed E-state index contributed by atoms with van der Waals surface area (Å²) >= 11 is 15.0. The Hall–Kier alpha value is -1.96. The lowest BCUT2D eigenvalue weighted by atomic mass is 10.2. The Morgan fingerprint density at radius 2 is 1.92 bits per heavy atom. The van der Waals surface area contributed by atoms with E-state index in [1.807, 2.05) is 30.5 Å². The first-order valence-corrected chi connectivity index (χ1v) is 9.35. The lowest BCUT2D eigenvalue weighted by molar-refractivity contribution is 0.627. The molecule has 1 heterocycles. The summed E-state index contributed by atoms with van der Waals surface area (Å²) in [6.07, 6.45) is 1.86. The van der Waals surface area contributed by atoms with Crippen LogP contribution in [-0.2, 0) is 13.1 Å². The average Bonchev–Trinajstić information content (AvgIpc) is 2.95. The van der Waals surface area contributed by atoms with Gasteiger partial charge in [-0.2, -0.15) is 5.10 Å². The Morgan fingerprint density at radius 3 is 2.65 bits per heavy atom. The third-order valence-electron chi connectivity index (χ3n) is 3.61. The quantitative estimate of drug-likeness (QED) is 0.535. The fourth-order valence-corrected chi connectivity index (χ4v) is 3.08. The van der Waals surface area contributed by atoms with E-state index in [9.17, 15) is 4.39 Å². The van der Waals surface area contributed by atoms with E-state index in [1.54, 1.807) is 16.8 Å². The molecule has 0 saturated heterocycles. The summed E-state index contributed by atoms with van der Waals surface area (Å²) in [6.45, 7) is 1.04. The molecule has 2 aromatic carbocycles. The summed E-state index contributed by atoms with van der Waals surface area (Å²) in [5, 5.41) is 11.7. The molecule has 134 valence electrons. The molecule has 1 aromatic heterocycles. The van der Waals surface area contributed by atoms with E-state index in [0.717, 1.165) is 15.6 Å². The second-order valence-electron chi connectivity index (χ2n) is 5.55. The molecule has 3 rings (SSSR count). The first kappa shape index (κ1) is 18.8. The number of hydrogen-bond donors (Lipinski definition) is 2. The molecular weight excluding hydrogens is 439 g/mol. The lowest BCUT2D eigenvalue weighted by Crippen LogP contribution is -2.28. The topological polar surface area (TPSA) is 41.9 Å². The largest absolute Gasteiger partial charge is 0.358 e. The number of hydrogen-bond acceptors (Lipinski definition) is 2. The summed E-state index contributed by atoms with van der Waals surface area (Å²) in [7, 11) is 0. The molecule has 0 radical (unpaired) electrons. The number of benzene rings is 2. The summed E-state index contributed by atoms with van der Waals surface area (Å²) < 4.78 is 15.5. The summed E-state index contributed by atoms with van der Waals surface area (Å²) in [5.74, 6) is 0.344. The molecular formula is C18H15BrClFN4S. The van der Waals surface area contributed by atoms with E-state index in [0.29, 0.717) is 29.0 Å². The highest BCUT2D eigenvalue weighted by Gasteiger charge is 2.09. The van der Waals surface area contributed by atoms with Gasteiger partial charge < -0.3 is 10.6 Å². The van der Waals surface area contributed by atoms with Gasteiger partial charge in [-0.3, -0.25) is 4.68 Å². The Morgan fingerprint density at radius 1 is 1.19 bits per heavy atom. The van der Waals surface area contributed by atoms with Crippen LogP contribution in [0.3, 0.4) is 0 Å². The number of aromatic nitrogens is 2. The predicted molar refractivity (Wildman–Crippen MR) is 110 cm³/mol. The SMILES string of the molecule is Fc1ccc(CNC(=S)Nc2nn(Cc3ccccc3Cl)cc2Br)cc1. The molecule has 2 N–H and O–H groups in total. The van der Waals surface area contributed by atoms with Crippen LogP contribution in [0.1, 0.15) is 11.1 Å². The Bertz CT molecular complexity index is 914. The molecule has 0 fully saturated rings. The molecule has 26 heavy (non-hydrogen) atoms. The first-order valence-electron chi connectivity index (χ1n) is 7.77. The van der Waals surface area contributed by atoms with Gasteiger partial charge >= 0.3 is 0 Å². The van der Waals surface area contributed by atoms with Gasteiger partial charge in [-0.05, 0) is 57.5 Å². The van der Waals surface area contributed by atoms with Gasteiger partial charge in [0.05, 0.1) is 11.0 Å². The zero-order valence-electron chi connectivity index (χ0n) is 13.5. The van der Waals surface area contributed by atoms with Crippen molar-refractivity contribution in [2.45, 2.75) is 13.1 Å². The molecule has 0 aliphatic rings. The van der Waals surface area contributed by atoms with Crippen LogP contribution in [0.15, 0.2) is 59.2 Å². The molecule has 0 aliphatic carbocycles. The highest BCUT2D eigenvalue weighted by atomic mass is 79.9. The molecule has 0 bridgehead atoms.